The van der Waals surface area contributed by atoms with Crippen LogP contribution in [0, 0.1) is 6.92 Å². The number of benzene rings is 2. The highest BCUT2D eigenvalue weighted by Gasteiger charge is 2.15. The van der Waals surface area contributed by atoms with E-state index < -0.39 is 0 Å². The Morgan fingerprint density at radius 3 is 2.55 bits per heavy atom. The number of piperidine rings is 1. The first-order valence-electron chi connectivity index (χ1n) is 7.96. The van der Waals surface area contributed by atoms with E-state index in [0.29, 0.717) is 5.56 Å². The Morgan fingerprint density at radius 1 is 1.00 bits per heavy atom. The van der Waals surface area contributed by atoms with Crippen LogP contribution in [0.15, 0.2) is 48.5 Å². The molecule has 2 aromatic rings. The molecule has 1 N–H and O–H groups in total. The Balaban J connectivity index is 1.81. The second-order valence-electron chi connectivity index (χ2n) is 5.89. The minimum absolute atomic E-state index is 0.0480. The van der Waals surface area contributed by atoms with E-state index in [9.17, 15) is 4.79 Å². The largest absolute Gasteiger partial charge is 0.370 e. The summed E-state index contributed by atoms with van der Waals surface area (Å²) in [4.78, 5) is 14.8. The molecule has 1 fully saturated rings. The molecular weight excluding hydrogens is 272 g/mol. The van der Waals surface area contributed by atoms with E-state index in [2.05, 4.69) is 16.3 Å². The lowest BCUT2D eigenvalue weighted by Gasteiger charge is -2.30. The summed E-state index contributed by atoms with van der Waals surface area (Å²) < 4.78 is 0. The van der Waals surface area contributed by atoms with Crippen molar-refractivity contribution in [2.75, 3.05) is 23.3 Å². The van der Waals surface area contributed by atoms with Crippen LogP contribution in [0.4, 0.5) is 11.4 Å². The van der Waals surface area contributed by atoms with Crippen molar-refractivity contribution < 1.29 is 4.79 Å². The number of nitrogens with one attached hydrogen (secondary N) is 1. The number of rotatable bonds is 3. The van der Waals surface area contributed by atoms with Gasteiger partial charge in [-0.15, -0.1) is 0 Å². The monoisotopic (exact) mass is 294 g/mol. The van der Waals surface area contributed by atoms with Crippen molar-refractivity contribution in [3.63, 3.8) is 0 Å². The molecule has 1 heterocycles. The van der Waals surface area contributed by atoms with Gasteiger partial charge in [0.25, 0.3) is 5.91 Å². The van der Waals surface area contributed by atoms with Gasteiger partial charge in [0, 0.05) is 18.7 Å². The number of amides is 1. The van der Waals surface area contributed by atoms with Crippen molar-refractivity contribution in [2.45, 2.75) is 26.2 Å². The third kappa shape index (κ3) is 3.30. The van der Waals surface area contributed by atoms with Gasteiger partial charge in [-0.2, -0.15) is 0 Å². The molecule has 0 spiro atoms. The molecule has 3 nitrogen and oxygen atoms in total. The molecule has 1 saturated heterocycles. The van der Waals surface area contributed by atoms with Gasteiger partial charge in [0.15, 0.2) is 0 Å². The number of aryl methyl sites for hydroxylation is 1. The molecule has 22 heavy (non-hydrogen) atoms. The molecule has 114 valence electrons. The Morgan fingerprint density at radius 2 is 1.77 bits per heavy atom. The van der Waals surface area contributed by atoms with E-state index in [1.54, 1.807) is 0 Å². The van der Waals surface area contributed by atoms with Gasteiger partial charge in [-0.3, -0.25) is 4.79 Å². The van der Waals surface area contributed by atoms with Crippen LogP contribution in [0.2, 0.25) is 0 Å². The summed E-state index contributed by atoms with van der Waals surface area (Å²) in [6, 6.07) is 15.8. The first kappa shape index (κ1) is 14.6. The predicted octanol–water partition coefficient (Wildman–Crippen LogP) is 4.24. The van der Waals surface area contributed by atoms with Crippen LogP contribution in [0.5, 0.6) is 0 Å². The van der Waals surface area contributed by atoms with Crippen molar-refractivity contribution in [3.05, 3.63) is 59.7 Å². The summed E-state index contributed by atoms with van der Waals surface area (Å²) in [6.07, 6.45) is 3.74. The highest BCUT2D eigenvalue weighted by molar-refractivity contribution is 6.06. The van der Waals surface area contributed by atoms with Crippen LogP contribution in [0.1, 0.15) is 35.2 Å². The summed E-state index contributed by atoms with van der Waals surface area (Å²) in [6.45, 7) is 4.13. The maximum absolute atomic E-state index is 12.5. The summed E-state index contributed by atoms with van der Waals surface area (Å²) in [5, 5.41) is 3.07. The normalized spacial score (nSPS) is 14.7. The summed E-state index contributed by atoms with van der Waals surface area (Å²) in [7, 11) is 0. The Labute approximate surface area is 132 Å². The third-order valence-electron chi connectivity index (χ3n) is 4.13. The fourth-order valence-corrected chi connectivity index (χ4v) is 2.97. The first-order chi connectivity index (χ1) is 10.7. The van der Waals surface area contributed by atoms with Gasteiger partial charge in [-0.25, -0.2) is 0 Å². The van der Waals surface area contributed by atoms with Crippen molar-refractivity contribution in [3.8, 4) is 0 Å². The summed E-state index contributed by atoms with van der Waals surface area (Å²) in [5.74, 6) is -0.0480. The Bertz CT molecular complexity index is 660. The maximum Gasteiger partial charge on any atom is 0.255 e. The van der Waals surface area contributed by atoms with Gasteiger partial charge >= 0.3 is 0 Å². The van der Waals surface area contributed by atoms with Gasteiger partial charge < -0.3 is 10.2 Å². The zero-order valence-corrected chi connectivity index (χ0v) is 13.0. The average molecular weight is 294 g/mol. The number of nitrogens with zero attached hydrogens (tertiary/aromatic N) is 1. The van der Waals surface area contributed by atoms with Crippen LogP contribution in [-0.2, 0) is 0 Å². The summed E-state index contributed by atoms with van der Waals surface area (Å²) >= 11 is 0. The highest BCUT2D eigenvalue weighted by Crippen LogP contribution is 2.28. The second-order valence-corrected chi connectivity index (χ2v) is 5.89. The van der Waals surface area contributed by atoms with E-state index in [-0.39, 0.29) is 5.91 Å². The van der Waals surface area contributed by atoms with Gasteiger partial charge in [0.05, 0.1) is 11.4 Å². The van der Waals surface area contributed by atoms with Gasteiger partial charge in [-0.05, 0) is 50.5 Å². The smallest absolute Gasteiger partial charge is 0.255 e. The molecule has 3 rings (SSSR count). The van der Waals surface area contributed by atoms with Crippen LogP contribution in [0.3, 0.4) is 0 Å². The van der Waals surface area contributed by atoms with Crippen LogP contribution in [0.25, 0.3) is 0 Å². The standard InChI is InChI=1S/C19H22N2O/c1-15-8-7-9-16(14-15)19(22)20-17-10-3-4-11-18(17)21-12-5-2-6-13-21/h3-4,7-11,14H,2,5-6,12-13H2,1H3,(H,20,22). The fourth-order valence-electron chi connectivity index (χ4n) is 2.97. The molecule has 1 aliphatic rings. The van der Waals surface area contributed by atoms with E-state index in [1.807, 2.05) is 49.4 Å². The van der Waals surface area contributed by atoms with Gasteiger partial charge in [0.1, 0.15) is 0 Å². The number of para-hydroxylation sites is 2. The quantitative estimate of drug-likeness (QED) is 0.918. The molecule has 0 radical (unpaired) electrons. The van der Waals surface area contributed by atoms with Crippen molar-refractivity contribution in [1.82, 2.24) is 0 Å². The number of hydrogen-bond donors (Lipinski definition) is 1. The molecule has 1 amide bonds. The lowest BCUT2D eigenvalue weighted by molar-refractivity contribution is 0.102. The van der Waals surface area contributed by atoms with E-state index in [0.717, 1.165) is 30.0 Å². The fraction of sp³-hybridized carbons (Fsp3) is 0.316. The first-order valence-corrected chi connectivity index (χ1v) is 7.96. The maximum atomic E-state index is 12.5. The lowest BCUT2D eigenvalue weighted by Crippen LogP contribution is -2.30. The molecule has 0 bridgehead atoms. The number of anilines is 2. The van der Waals surface area contributed by atoms with E-state index in [1.165, 1.54) is 19.3 Å². The molecule has 3 heteroatoms. The zero-order chi connectivity index (χ0) is 15.4. The van der Waals surface area contributed by atoms with Crippen molar-refractivity contribution in [2.24, 2.45) is 0 Å². The van der Waals surface area contributed by atoms with Crippen molar-refractivity contribution in [1.29, 1.82) is 0 Å². The minimum atomic E-state index is -0.0480. The SMILES string of the molecule is Cc1cccc(C(=O)Nc2ccccc2N2CCCCC2)c1. The molecule has 1 aliphatic heterocycles. The number of hydrogen-bond acceptors (Lipinski definition) is 2. The molecule has 0 aliphatic carbocycles. The third-order valence-corrected chi connectivity index (χ3v) is 4.13. The number of carbonyl (C=O) groups is 1. The van der Waals surface area contributed by atoms with E-state index >= 15 is 0 Å². The molecule has 0 atom stereocenters. The number of carbonyl (C=O) groups excluding carboxylic acids is 1. The zero-order valence-electron chi connectivity index (χ0n) is 13.0. The molecule has 0 saturated carbocycles. The van der Waals surface area contributed by atoms with Crippen molar-refractivity contribution >= 4 is 17.3 Å². The van der Waals surface area contributed by atoms with Gasteiger partial charge in [-0.1, -0.05) is 29.8 Å². The van der Waals surface area contributed by atoms with Crippen LogP contribution < -0.4 is 10.2 Å². The van der Waals surface area contributed by atoms with Crippen LogP contribution >= 0.6 is 0 Å². The highest BCUT2D eigenvalue weighted by atomic mass is 16.1. The Kier molecular flexibility index (Phi) is 4.42. The van der Waals surface area contributed by atoms with Gasteiger partial charge in [0.2, 0.25) is 0 Å². The summed E-state index contributed by atoms with van der Waals surface area (Å²) in [5.41, 5.74) is 3.82. The van der Waals surface area contributed by atoms with E-state index in [4.69, 9.17) is 0 Å². The molecule has 0 aromatic heterocycles. The topological polar surface area (TPSA) is 32.3 Å². The minimum Gasteiger partial charge on any atom is -0.370 e. The average Bonchev–Trinajstić information content (AvgIpc) is 2.56. The molecule has 2 aromatic carbocycles. The molecule has 0 unspecified atom stereocenters. The molecular formula is C19H22N2O. The lowest BCUT2D eigenvalue weighted by atomic mass is 10.1. The Hall–Kier alpha value is -2.29. The van der Waals surface area contributed by atoms with Crippen LogP contribution in [-0.4, -0.2) is 19.0 Å². The predicted molar refractivity (Wildman–Crippen MR) is 91.6 cm³/mol. The second kappa shape index (κ2) is 6.65.